The normalized spacial score (nSPS) is 16.0. The highest BCUT2D eigenvalue weighted by Gasteiger charge is 2.35. The monoisotopic (exact) mass is 533 g/mol. The lowest BCUT2D eigenvalue weighted by Gasteiger charge is -2.34. The molecule has 5 N–H and O–H groups in total. The third-order valence-corrected chi connectivity index (χ3v) is 7.72. The predicted molar refractivity (Wildman–Crippen MR) is 135 cm³/mol. The summed E-state index contributed by atoms with van der Waals surface area (Å²) in [7, 11) is 1.87. The number of aryl methyl sites for hydroxylation is 1. The number of thiophene rings is 1. The molecule has 1 amide bonds. The number of fused-ring (bicyclic) bond motifs is 2. The lowest BCUT2D eigenvalue weighted by atomic mass is 10.0. The molecule has 0 spiro atoms. The summed E-state index contributed by atoms with van der Waals surface area (Å²) in [6, 6.07) is 9.97. The van der Waals surface area contributed by atoms with Gasteiger partial charge >= 0.3 is 6.18 Å². The van der Waals surface area contributed by atoms with Gasteiger partial charge in [0, 0.05) is 38.1 Å². The predicted octanol–water partition coefficient (Wildman–Crippen LogP) is 3.10. The van der Waals surface area contributed by atoms with Crippen LogP contribution in [0.25, 0.3) is 21.3 Å². The van der Waals surface area contributed by atoms with Gasteiger partial charge in [0.05, 0.1) is 21.5 Å². The largest absolute Gasteiger partial charge is 0.417 e. The second-order valence-electron chi connectivity index (χ2n) is 9.03. The topological polar surface area (TPSA) is 121 Å². The number of aromatic nitrogens is 3. The Hall–Kier alpha value is -3.26. The second-order valence-corrected chi connectivity index (χ2v) is 10.1. The highest BCUT2D eigenvalue weighted by Crippen LogP contribution is 2.39. The van der Waals surface area contributed by atoms with Crippen molar-refractivity contribution in [2.75, 3.05) is 24.5 Å². The molecule has 1 aliphatic rings. The molecule has 0 radical (unpaired) electrons. The Balaban J connectivity index is 1.26. The number of hydrazine groups is 1. The van der Waals surface area contributed by atoms with Crippen LogP contribution in [0.1, 0.15) is 40.0 Å². The number of rotatable bonds is 6. The van der Waals surface area contributed by atoms with E-state index in [9.17, 15) is 23.1 Å². The van der Waals surface area contributed by atoms with E-state index < -0.39 is 23.8 Å². The lowest BCUT2D eigenvalue weighted by molar-refractivity contribution is -0.136. The third-order valence-electron chi connectivity index (χ3n) is 6.69. The van der Waals surface area contributed by atoms with Crippen molar-refractivity contribution in [3.8, 4) is 0 Å². The second kappa shape index (κ2) is 9.89. The first-order chi connectivity index (χ1) is 17.7. The molecule has 9 nitrogen and oxygen atoms in total. The third kappa shape index (κ3) is 4.99. The van der Waals surface area contributed by atoms with Crippen LogP contribution in [0.5, 0.6) is 0 Å². The quantitative estimate of drug-likeness (QED) is 0.171. The van der Waals surface area contributed by atoms with Gasteiger partial charge in [-0.05, 0) is 37.1 Å². The van der Waals surface area contributed by atoms with Gasteiger partial charge in [-0.25, -0.2) is 15.8 Å². The molecular formula is C24H26F3N7O2S. The summed E-state index contributed by atoms with van der Waals surface area (Å²) in [5.41, 5.74) is 2.87. The van der Waals surface area contributed by atoms with Crippen LogP contribution in [0.4, 0.5) is 19.0 Å². The Kier molecular flexibility index (Phi) is 6.79. The molecular weight excluding hydrogens is 507 g/mol. The van der Waals surface area contributed by atoms with E-state index >= 15 is 0 Å². The zero-order valence-corrected chi connectivity index (χ0v) is 20.7. The fourth-order valence-corrected chi connectivity index (χ4v) is 5.68. The molecule has 1 fully saturated rings. The van der Waals surface area contributed by atoms with Gasteiger partial charge in [-0.15, -0.1) is 11.3 Å². The number of nitrogen functional groups attached to an aromatic ring is 1. The summed E-state index contributed by atoms with van der Waals surface area (Å²) in [4.78, 5) is 22.8. The Morgan fingerprint density at radius 2 is 1.97 bits per heavy atom. The van der Waals surface area contributed by atoms with Gasteiger partial charge in [-0.3, -0.25) is 10.2 Å². The number of carbonyl (C=O) groups excluding carboxylic acids is 1. The average molecular weight is 534 g/mol. The van der Waals surface area contributed by atoms with Gasteiger partial charge < -0.3 is 19.9 Å². The standard InChI is InChI=1S/C24H26F3N7O2S/c1-33-17-5-3-2-4-16(17)30-21(33)18(35)12-29-13-6-8-34(9-7-13)20-11-15(24(25,26)27)14-10-19(22(36)32-28)37-23(14)31-20/h2-5,10-11,13,18,29,35H,6-9,12,28H2,1H3,(H,32,36). The number of alkyl halides is 3. The maximum Gasteiger partial charge on any atom is 0.417 e. The first-order valence-corrected chi connectivity index (χ1v) is 12.6. The van der Waals surface area contributed by atoms with Crippen LogP contribution >= 0.6 is 11.3 Å². The molecule has 0 bridgehead atoms. The highest BCUT2D eigenvalue weighted by molar-refractivity contribution is 7.20. The van der Waals surface area contributed by atoms with E-state index in [0.717, 1.165) is 28.4 Å². The van der Waals surface area contributed by atoms with Crippen LogP contribution in [0.15, 0.2) is 36.4 Å². The summed E-state index contributed by atoms with van der Waals surface area (Å²) in [5, 5.41) is 14.0. The molecule has 1 atom stereocenters. The number of nitrogens with zero attached hydrogens (tertiary/aromatic N) is 4. The Labute approximate surface area is 214 Å². The maximum atomic E-state index is 13.8. The van der Waals surface area contributed by atoms with E-state index in [1.807, 2.05) is 46.2 Å². The highest BCUT2D eigenvalue weighted by atomic mass is 32.1. The van der Waals surface area contributed by atoms with Crippen molar-refractivity contribution in [2.24, 2.45) is 12.9 Å². The van der Waals surface area contributed by atoms with Crippen LogP contribution in [0.2, 0.25) is 0 Å². The zero-order chi connectivity index (χ0) is 26.3. The minimum absolute atomic E-state index is 0.0646. The van der Waals surface area contributed by atoms with Crippen molar-refractivity contribution >= 4 is 44.3 Å². The Morgan fingerprint density at radius 3 is 2.65 bits per heavy atom. The molecule has 37 heavy (non-hydrogen) atoms. The number of para-hydroxylation sites is 2. The van der Waals surface area contributed by atoms with E-state index in [4.69, 9.17) is 5.84 Å². The minimum atomic E-state index is -4.60. The molecule has 5 rings (SSSR count). The molecule has 1 aliphatic heterocycles. The number of carbonyl (C=O) groups is 1. The van der Waals surface area contributed by atoms with Crippen molar-refractivity contribution in [1.29, 1.82) is 0 Å². The van der Waals surface area contributed by atoms with Gasteiger partial charge in [-0.2, -0.15) is 13.2 Å². The lowest BCUT2D eigenvalue weighted by Crippen LogP contribution is -2.44. The number of benzene rings is 1. The molecule has 1 unspecified atom stereocenters. The molecule has 196 valence electrons. The Bertz CT molecular complexity index is 1440. The number of anilines is 1. The van der Waals surface area contributed by atoms with Gasteiger partial charge in [0.2, 0.25) is 0 Å². The van der Waals surface area contributed by atoms with Crippen LogP contribution in [-0.4, -0.2) is 51.2 Å². The van der Waals surface area contributed by atoms with E-state index in [-0.39, 0.29) is 27.0 Å². The fourth-order valence-electron chi connectivity index (χ4n) is 4.72. The molecule has 1 aromatic carbocycles. The number of halogens is 3. The van der Waals surface area contributed by atoms with Crippen LogP contribution in [-0.2, 0) is 13.2 Å². The molecule has 0 saturated carbocycles. The average Bonchev–Trinajstić information content (AvgIpc) is 3.47. The first kappa shape index (κ1) is 25.4. The van der Waals surface area contributed by atoms with E-state index in [1.54, 1.807) is 0 Å². The summed E-state index contributed by atoms with van der Waals surface area (Å²) < 4.78 is 43.3. The van der Waals surface area contributed by atoms with Gasteiger partial charge in [0.1, 0.15) is 22.6 Å². The van der Waals surface area contributed by atoms with Crippen LogP contribution in [0.3, 0.4) is 0 Å². The molecule has 4 aromatic rings. The number of aliphatic hydroxyl groups excluding tert-OH is 1. The van der Waals surface area contributed by atoms with Crippen LogP contribution < -0.4 is 21.5 Å². The summed E-state index contributed by atoms with van der Waals surface area (Å²) in [6.07, 6.45) is -4.06. The Morgan fingerprint density at radius 1 is 1.24 bits per heavy atom. The van der Waals surface area contributed by atoms with Gasteiger partial charge in [-0.1, -0.05) is 12.1 Å². The summed E-state index contributed by atoms with van der Waals surface area (Å²) in [6.45, 7) is 1.31. The minimum Gasteiger partial charge on any atom is -0.384 e. The molecule has 13 heteroatoms. The van der Waals surface area contributed by atoms with Gasteiger partial charge in [0.15, 0.2) is 0 Å². The number of piperidine rings is 1. The van der Waals surface area contributed by atoms with E-state index in [1.165, 1.54) is 6.07 Å². The molecule has 4 heterocycles. The zero-order valence-electron chi connectivity index (χ0n) is 19.9. The SMILES string of the molecule is Cn1c(C(O)CNC2CCN(c3cc(C(F)(F)F)c4cc(C(=O)NN)sc4n3)CC2)nc2ccccc21. The number of hydrogen-bond donors (Lipinski definition) is 4. The summed E-state index contributed by atoms with van der Waals surface area (Å²) in [5.74, 6) is 5.27. The summed E-state index contributed by atoms with van der Waals surface area (Å²) >= 11 is 0.873. The van der Waals surface area contributed by atoms with Crippen LogP contribution in [0, 0.1) is 0 Å². The van der Waals surface area contributed by atoms with E-state index in [0.29, 0.717) is 38.3 Å². The number of hydrogen-bond acceptors (Lipinski definition) is 8. The number of amides is 1. The molecule has 1 saturated heterocycles. The van der Waals surface area contributed by atoms with Crippen molar-refractivity contribution in [2.45, 2.75) is 31.2 Å². The van der Waals surface area contributed by atoms with Gasteiger partial charge in [0.25, 0.3) is 5.91 Å². The molecule has 3 aromatic heterocycles. The fraction of sp³-hybridized carbons (Fsp3) is 0.375. The number of nitrogens with two attached hydrogens (primary N) is 1. The van der Waals surface area contributed by atoms with Crippen molar-refractivity contribution in [1.82, 2.24) is 25.3 Å². The first-order valence-electron chi connectivity index (χ1n) is 11.8. The number of aliphatic hydroxyl groups is 1. The number of nitrogens with one attached hydrogen (secondary N) is 2. The molecule has 0 aliphatic carbocycles. The number of imidazole rings is 1. The van der Waals surface area contributed by atoms with Crippen molar-refractivity contribution in [3.05, 3.63) is 52.7 Å². The van der Waals surface area contributed by atoms with Crippen molar-refractivity contribution in [3.63, 3.8) is 0 Å². The van der Waals surface area contributed by atoms with Crippen molar-refractivity contribution < 1.29 is 23.1 Å². The van der Waals surface area contributed by atoms with E-state index in [2.05, 4.69) is 15.3 Å². The smallest absolute Gasteiger partial charge is 0.384 e. The number of pyridine rings is 1. The maximum absolute atomic E-state index is 13.8.